The minimum Gasteiger partial charge on any atom is -0.390 e. The third kappa shape index (κ3) is 4.39. The van der Waals surface area contributed by atoms with Gasteiger partial charge in [-0.3, -0.25) is 4.18 Å². The van der Waals surface area contributed by atoms with Crippen LogP contribution in [0.2, 0.25) is 0 Å². The van der Waals surface area contributed by atoms with Gasteiger partial charge < -0.3 is 5.11 Å². The normalized spacial score (nSPS) is 30.7. The van der Waals surface area contributed by atoms with E-state index in [1.54, 1.807) is 0 Å². The van der Waals surface area contributed by atoms with Crippen molar-refractivity contribution in [1.82, 2.24) is 0 Å². The number of rotatable bonds is 2. The van der Waals surface area contributed by atoms with Crippen molar-refractivity contribution >= 4 is 10.1 Å². The van der Waals surface area contributed by atoms with Gasteiger partial charge in [0.05, 0.1) is 12.4 Å². The molecule has 0 amide bonds. The summed E-state index contributed by atoms with van der Waals surface area (Å²) in [4.78, 5) is 0. The number of aliphatic hydroxyl groups excluding tert-OH is 1. The van der Waals surface area contributed by atoms with Crippen LogP contribution in [0, 0.1) is 0 Å². The van der Waals surface area contributed by atoms with Crippen LogP contribution in [0.5, 0.6) is 0 Å². The molecule has 5 heteroatoms. The molecule has 0 aromatic heterocycles. The van der Waals surface area contributed by atoms with Crippen molar-refractivity contribution in [2.45, 2.75) is 50.7 Å². The van der Waals surface area contributed by atoms with Gasteiger partial charge in [-0.15, -0.1) is 0 Å². The first-order chi connectivity index (χ1) is 6.49. The molecule has 1 aliphatic carbocycles. The van der Waals surface area contributed by atoms with E-state index in [0.29, 0.717) is 12.8 Å². The Morgan fingerprint density at radius 1 is 1.14 bits per heavy atom. The summed E-state index contributed by atoms with van der Waals surface area (Å²) in [6.45, 7) is 0. The Morgan fingerprint density at radius 2 is 1.71 bits per heavy atom. The van der Waals surface area contributed by atoms with E-state index < -0.39 is 22.3 Å². The Morgan fingerprint density at radius 3 is 2.29 bits per heavy atom. The topological polar surface area (TPSA) is 63.6 Å². The van der Waals surface area contributed by atoms with Crippen molar-refractivity contribution in [3.63, 3.8) is 0 Å². The summed E-state index contributed by atoms with van der Waals surface area (Å²) >= 11 is 0. The summed E-state index contributed by atoms with van der Waals surface area (Å²) in [5.74, 6) is 0. The Hall–Kier alpha value is -0.130. The van der Waals surface area contributed by atoms with Crippen LogP contribution in [0.4, 0.5) is 0 Å². The number of hydrogen-bond donors (Lipinski definition) is 1. The first-order valence-electron chi connectivity index (χ1n) is 5.05. The molecule has 1 saturated carbocycles. The van der Waals surface area contributed by atoms with Gasteiger partial charge in [0.2, 0.25) is 0 Å². The minimum absolute atomic E-state index is 0.537. The quantitative estimate of drug-likeness (QED) is 0.709. The zero-order chi connectivity index (χ0) is 10.6. The molecule has 0 heterocycles. The van der Waals surface area contributed by atoms with Gasteiger partial charge in [0, 0.05) is 0 Å². The van der Waals surface area contributed by atoms with Crippen molar-refractivity contribution in [2.24, 2.45) is 0 Å². The molecule has 14 heavy (non-hydrogen) atoms. The van der Waals surface area contributed by atoms with Crippen LogP contribution in [0.15, 0.2) is 0 Å². The largest absolute Gasteiger partial charge is 0.390 e. The lowest BCUT2D eigenvalue weighted by molar-refractivity contribution is 0.0230. The SMILES string of the molecule is CS(=O)(=O)OC1CCCCCCC1O. The average molecular weight is 222 g/mol. The lowest BCUT2D eigenvalue weighted by atomic mass is 9.96. The molecule has 0 radical (unpaired) electrons. The van der Waals surface area contributed by atoms with Gasteiger partial charge in [0.1, 0.15) is 6.10 Å². The van der Waals surface area contributed by atoms with Gasteiger partial charge in [-0.1, -0.05) is 25.7 Å². The average Bonchev–Trinajstić information content (AvgIpc) is 2.03. The predicted octanol–water partition coefficient (Wildman–Crippen LogP) is 1.05. The Labute approximate surface area is 85.4 Å². The van der Waals surface area contributed by atoms with E-state index in [0.717, 1.165) is 31.9 Å². The zero-order valence-corrected chi connectivity index (χ0v) is 9.29. The van der Waals surface area contributed by atoms with E-state index >= 15 is 0 Å². The third-order valence-corrected chi connectivity index (χ3v) is 3.06. The molecule has 2 unspecified atom stereocenters. The van der Waals surface area contributed by atoms with E-state index in [1.165, 1.54) is 0 Å². The monoisotopic (exact) mass is 222 g/mol. The van der Waals surface area contributed by atoms with Crippen molar-refractivity contribution in [3.8, 4) is 0 Å². The molecule has 1 aliphatic rings. The maximum absolute atomic E-state index is 10.9. The molecule has 4 nitrogen and oxygen atoms in total. The van der Waals surface area contributed by atoms with E-state index in [1.807, 2.05) is 0 Å². The third-order valence-electron chi connectivity index (χ3n) is 2.47. The molecule has 2 atom stereocenters. The molecule has 0 bridgehead atoms. The number of aliphatic hydroxyl groups is 1. The Kier molecular flexibility index (Phi) is 4.34. The molecule has 0 spiro atoms. The summed E-state index contributed by atoms with van der Waals surface area (Å²) in [6.07, 6.45) is 5.21. The van der Waals surface area contributed by atoms with Crippen molar-refractivity contribution < 1.29 is 17.7 Å². The van der Waals surface area contributed by atoms with Crippen LogP contribution in [0.1, 0.15) is 38.5 Å². The second kappa shape index (κ2) is 5.09. The lowest BCUT2D eigenvalue weighted by Crippen LogP contribution is -2.31. The summed E-state index contributed by atoms with van der Waals surface area (Å²) in [5, 5.41) is 9.65. The van der Waals surface area contributed by atoms with Crippen molar-refractivity contribution in [2.75, 3.05) is 6.26 Å². The first-order valence-corrected chi connectivity index (χ1v) is 6.87. The molecular formula is C9H18O4S. The molecule has 1 rings (SSSR count). The second-order valence-corrected chi connectivity index (χ2v) is 5.50. The zero-order valence-electron chi connectivity index (χ0n) is 8.48. The molecule has 1 N–H and O–H groups in total. The van der Waals surface area contributed by atoms with E-state index in [-0.39, 0.29) is 0 Å². The minimum atomic E-state index is -3.44. The standard InChI is InChI=1S/C9H18O4S/c1-14(11,12)13-9-7-5-3-2-4-6-8(9)10/h8-10H,2-7H2,1H3. The number of hydrogen-bond acceptors (Lipinski definition) is 4. The molecular weight excluding hydrogens is 204 g/mol. The van der Waals surface area contributed by atoms with Crippen molar-refractivity contribution in [3.05, 3.63) is 0 Å². The maximum atomic E-state index is 10.9. The van der Waals surface area contributed by atoms with Gasteiger partial charge in [0.15, 0.2) is 0 Å². The van der Waals surface area contributed by atoms with Gasteiger partial charge in [-0.2, -0.15) is 8.42 Å². The second-order valence-electron chi connectivity index (χ2n) is 3.90. The molecule has 84 valence electrons. The van der Waals surface area contributed by atoms with Gasteiger partial charge in [0.25, 0.3) is 10.1 Å². The smallest absolute Gasteiger partial charge is 0.264 e. The van der Waals surface area contributed by atoms with Gasteiger partial charge in [-0.25, -0.2) is 0 Å². The van der Waals surface area contributed by atoms with E-state index in [9.17, 15) is 13.5 Å². The van der Waals surface area contributed by atoms with Crippen LogP contribution in [-0.4, -0.2) is 32.0 Å². The fourth-order valence-corrected chi connectivity index (χ4v) is 2.44. The molecule has 1 fully saturated rings. The maximum Gasteiger partial charge on any atom is 0.264 e. The highest BCUT2D eigenvalue weighted by Gasteiger charge is 2.24. The van der Waals surface area contributed by atoms with Gasteiger partial charge >= 0.3 is 0 Å². The molecule has 0 saturated heterocycles. The summed E-state index contributed by atoms with van der Waals surface area (Å²) in [7, 11) is -3.44. The first kappa shape index (κ1) is 11.9. The Balaban J connectivity index is 2.54. The summed E-state index contributed by atoms with van der Waals surface area (Å²) in [6, 6.07) is 0. The fourth-order valence-electron chi connectivity index (χ4n) is 1.77. The molecule has 0 aromatic carbocycles. The van der Waals surface area contributed by atoms with Crippen molar-refractivity contribution in [1.29, 1.82) is 0 Å². The summed E-state index contributed by atoms with van der Waals surface area (Å²) < 4.78 is 26.7. The summed E-state index contributed by atoms with van der Waals surface area (Å²) in [5.41, 5.74) is 0. The highest BCUT2D eigenvalue weighted by molar-refractivity contribution is 7.86. The van der Waals surface area contributed by atoms with Gasteiger partial charge in [-0.05, 0) is 12.8 Å². The van der Waals surface area contributed by atoms with Crippen LogP contribution in [0.3, 0.4) is 0 Å². The van der Waals surface area contributed by atoms with Crippen LogP contribution in [-0.2, 0) is 14.3 Å². The van der Waals surface area contributed by atoms with E-state index in [2.05, 4.69) is 0 Å². The van der Waals surface area contributed by atoms with Crippen LogP contribution < -0.4 is 0 Å². The fraction of sp³-hybridized carbons (Fsp3) is 1.00. The molecule has 0 aliphatic heterocycles. The molecule has 0 aromatic rings. The lowest BCUT2D eigenvalue weighted by Gasteiger charge is -2.24. The highest BCUT2D eigenvalue weighted by Crippen LogP contribution is 2.21. The van der Waals surface area contributed by atoms with E-state index in [4.69, 9.17) is 4.18 Å². The Bertz CT molecular complexity index is 260. The van der Waals surface area contributed by atoms with Crippen LogP contribution >= 0.6 is 0 Å². The highest BCUT2D eigenvalue weighted by atomic mass is 32.2. The van der Waals surface area contributed by atoms with Crippen LogP contribution in [0.25, 0.3) is 0 Å². The predicted molar refractivity (Wildman–Crippen MR) is 53.4 cm³/mol.